The number of carbonyl (C=O) groups excluding carboxylic acids is 1. The van der Waals surface area contributed by atoms with Crippen LogP contribution in [0, 0.1) is 11.7 Å². The SMILES string of the molecule is CC(C(=O)NCC(O)COCC1CC1)c1ccccc1F. The zero-order valence-electron chi connectivity index (χ0n) is 12.2. The van der Waals surface area contributed by atoms with Gasteiger partial charge in [0.1, 0.15) is 5.82 Å². The Hall–Kier alpha value is -1.46. The molecule has 0 bridgehead atoms. The van der Waals surface area contributed by atoms with Crippen LogP contribution >= 0.6 is 0 Å². The van der Waals surface area contributed by atoms with Crippen LogP contribution in [0.5, 0.6) is 0 Å². The number of benzene rings is 1. The minimum absolute atomic E-state index is 0.113. The Morgan fingerprint density at radius 3 is 2.86 bits per heavy atom. The highest BCUT2D eigenvalue weighted by molar-refractivity contribution is 5.83. The van der Waals surface area contributed by atoms with Crippen molar-refractivity contribution >= 4 is 5.91 Å². The third kappa shape index (κ3) is 5.10. The fraction of sp³-hybridized carbons (Fsp3) is 0.562. The lowest BCUT2D eigenvalue weighted by molar-refractivity contribution is -0.122. The normalized spacial score (nSPS) is 17.3. The van der Waals surface area contributed by atoms with E-state index in [-0.39, 0.29) is 19.1 Å². The molecule has 2 atom stereocenters. The van der Waals surface area contributed by atoms with Crippen molar-refractivity contribution < 1.29 is 19.0 Å². The maximum atomic E-state index is 13.6. The molecule has 5 heteroatoms. The molecule has 116 valence electrons. The quantitative estimate of drug-likeness (QED) is 0.769. The van der Waals surface area contributed by atoms with E-state index in [9.17, 15) is 14.3 Å². The predicted molar refractivity (Wildman–Crippen MR) is 77.4 cm³/mol. The molecule has 2 N–H and O–H groups in total. The highest BCUT2D eigenvalue weighted by Gasteiger charge is 2.22. The summed E-state index contributed by atoms with van der Waals surface area (Å²) in [6, 6.07) is 6.21. The average molecular weight is 295 g/mol. The van der Waals surface area contributed by atoms with Gasteiger partial charge in [0, 0.05) is 13.2 Å². The Morgan fingerprint density at radius 2 is 2.19 bits per heavy atom. The Labute approximate surface area is 124 Å². The maximum absolute atomic E-state index is 13.6. The van der Waals surface area contributed by atoms with E-state index in [4.69, 9.17) is 4.74 Å². The number of rotatable bonds is 8. The number of amides is 1. The summed E-state index contributed by atoms with van der Waals surface area (Å²) < 4.78 is 19.0. The van der Waals surface area contributed by atoms with Gasteiger partial charge in [0.15, 0.2) is 0 Å². The fourth-order valence-electron chi connectivity index (χ4n) is 2.05. The zero-order valence-corrected chi connectivity index (χ0v) is 12.2. The predicted octanol–water partition coefficient (Wildman–Crippen LogP) is 1.83. The second-order valence-electron chi connectivity index (χ2n) is 5.62. The van der Waals surface area contributed by atoms with Crippen LogP contribution in [0.1, 0.15) is 31.2 Å². The maximum Gasteiger partial charge on any atom is 0.227 e. The van der Waals surface area contributed by atoms with Crippen LogP contribution in [0.3, 0.4) is 0 Å². The van der Waals surface area contributed by atoms with E-state index in [2.05, 4.69) is 5.32 Å². The first kappa shape index (κ1) is 15.9. The molecule has 21 heavy (non-hydrogen) atoms. The van der Waals surface area contributed by atoms with Gasteiger partial charge in [-0.05, 0) is 37.3 Å². The first-order valence-corrected chi connectivity index (χ1v) is 7.36. The molecule has 1 saturated carbocycles. The molecular weight excluding hydrogens is 273 g/mol. The number of halogens is 1. The van der Waals surface area contributed by atoms with Gasteiger partial charge in [-0.15, -0.1) is 0 Å². The number of hydrogen-bond acceptors (Lipinski definition) is 3. The lowest BCUT2D eigenvalue weighted by Crippen LogP contribution is -2.37. The van der Waals surface area contributed by atoms with E-state index in [1.165, 1.54) is 18.9 Å². The van der Waals surface area contributed by atoms with Crippen molar-refractivity contribution in [2.75, 3.05) is 19.8 Å². The molecule has 1 aliphatic carbocycles. The molecular formula is C16H22FNO3. The summed E-state index contributed by atoms with van der Waals surface area (Å²) in [5, 5.41) is 12.4. The standard InChI is InChI=1S/C16H22FNO3/c1-11(14-4-2-3-5-15(14)17)16(20)18-8-13(19)10-21-9-12-6-7-12/h2-5,11-13,19H,6-10H2,1H3,(H,18,20). The topological polar surface area (TPSA) is 58.6 Å². The number of aliphatic hydroxyl groups excluding tert-OH is 1. The number of hydrogen-bond donors (Lipinski definition) is 2. The van der Waals surface area contributed by atoms with E-state index >= 15 is 0 Å². The Balaban J connectivity index is 1.71. The van der Waals surface area contributed by atoms with Gasteiger partial charge >= 0.3 is 0 Å². The largest absolute Gasteiger partial charge is 0.389 e. The molecule has 2 unspecified atom stereocenters. The summed E-state index contributed by atoms with van der Waals surface area (Å²) >= 11 is 0. The van der Waals surface area contributed by atoms with Gasteiger partial charge in [-0.25, -0.2) is 4.39 Å². The van der Waals surface area contributed by atoms with Gasteiger partial charge < -0.3 is 15.2 Å². The Kier molecular flexibility index (Phi) is 5.70. The molecule has 0 aromatic heterocycles. The van der Waals surface area contributed by atoms with Crippen molar-refractivity contribution in [3.63, 3.8) is 0 Å². The van der Waals surface area contributed by atoms with Gasteiger partial charge in [-0.1, -0.05) is 18.2 Å². The van der Waals surface area contributed by atoms with Crippen LogP contribution < -0.4 is 5.32 Å². The summed E-state index contributed by atoms with van der Waals surface area (Å²) in [6.07, 6.45) is 1.67. The lowest BCUT2D eigenvalue weighted by atomic mass is 10.00. The molecule has 1 fully saturated rings. The van der Waals surface area contributed by atoms with Crippen LogP contribution in [-0.2, 0) is 9.53 Å². The fourth-order valence-corrected chi connectivity index (χ4v) is 2.05. The summed E-state index contributed by atoms with van der Waals surface area (Å²) in [5.41, 5.74) is 0.356. The molecule has 0 radical (unpaired) electrons. The molecule has 0 heterocycles. The minimum atomic E-state index is -0.736. The lowest BCUT2D eigenvalue weighted by Gasteiger charge is -2.16. The third-order valence-corrected chi connectivity index (χ3v) is 3.64. The van der Waals surface area contributed by atoms with Gasteiger partial charge in [0.2, 0.25) is 5.91 Å². The Morgan fingerprint density at radius 1 is 1.48 bits per heavy atom. The molecule has 1 aromatic rings. The van der Waals surface area contributed by atoms with Crippen LogP contribution in [0.25, 0.3) is 0 Å². The first-order chi connectivity index (χ1) is 10.1. The molecule has 1 aromatic carbocycles. The molecule has 1 amide bonds. The van der Waals surface area contributed by atoms with Crippen LogP contribution in [0.2, 0.25) is 0 Å². The zero-order chi connectivity index (χ0) is 15.2. The smallest absolute Gasteiger partial charge is 0.227 e. The number of aliphatic hydroxyl groups is 1. The van der Waals surface area contributed by atoms with Gasteiger partial charge in [-0.3, -0.25) is 4.79 Å². The van der Waals surface area contributed by atoms with E-state index in [0.29, 0.717) is 18.1 Å². The summed E-state index contributed by atoms with van der Waals surface area (Å²) in [6.45, 7) is 2.65. The summed E-state index contributed by atoms with van der Waals surface area (Å²) in [5.74, 6) is -0.645. The van der Waals surface area contributed by atoms with Gasteiger partial charge in [0.25, 0.3) is 0 Å². The highest BCUT2D eigenvalue weighted by Crippen LogP contribution is 2.28. The second kappa shape index (κ2) is 7.52. The second-order valence-corrected chi connectivity index (χ2v) is 5.62. The average Bonchev–Trinajstić information content (AvgIpc) is 3.29. The summed E-state index contributed by atoms with van der Waals surface area (Å²) in [7, 11) is 0. The molecule has 0 aliphatic heterocycles. The van der Waals surface area contributed by atoms with Crippen molar-refractivity contribution in [2.45, 2.75) is 31.8 Å². The van der Waals surface area contributed by atoms with Crippen LogP contribution in [0.15, 0.2) is 24.3 Å². The van der Waals surface area contributed by atoms with E-state index < -0.39 is 17.8 Å². The summed E-state index contributed by atoms with van der Waals surface area (Å²) in [4.78, 5) is 12.0. The Bertz CT molecular complexity index is 476. The third-order valence-electron chi connectivity index (χ3n) is 3.64. The van der Waals surface area contributed by atoms with Crippen molar-refractivity contribution in [1.29, 1.82) is 0 Å². The number of ether oxygens (including phenoxy) is 1. The van der Waals surface area contributed by atoms with Crippen LogP contribution in [0.4, 0.5) is 4.39 Å². The molecule has 2 rings (SSSR count). The monoisotopic (exact) mass is 295 g/mol. The minimum Gasteiger partial charge on any atom is -0.389 e. The van der Waals surface area contributed by atoms with Gasteiger partial charge in [-0.2, -0.15) is 0 Å². The van der Waals surface area contributed by atoms with Crippen molar-refractivity contribution in [3.05, 3.63) is 35.6 Å². The molecule has 1 aliphatic rings. The van der Waals surface area contributed by atoms with E-state index in [1.807, 2.05) is 0 Å². The molecule has 0 saturated heterocycles. The molecule has 4 nitrogen and oxygen atoms in total. The number of carbonyl (C=O) groups is 1. The highest BCUT2D eigenvalue weighted by atomic mass is 19.1. The first-order valence-electron chi connectivity index (χ1n) is 7.36. The van der Waals surface area contributed by atoms with Crippen LogP contribution in [-0.4, -0.2) is 36.9 Å². The van der Waals surface area contributed by atoms with Crippen molar-refractivity contribution in [1.82, 2.24) is 5.32 Å². The van der Waals surface area contributed by atoms with Gasteiger partial charge in [0.05, 0.1) is 18.6 Å². The van der Waals surface area contributed by atoms with E-state index in [1.54, 1.807) is 25.1 Å². The number of nitrogens with one attached hydrogen (secondary N) is 1. The van der Waals surface area contributed by atoms with E-state index in [0.717, 1.165) is 0 Å². The van der Waals surface area contributed by atoms with Crippen molar-refractivity contribution in [2.24, 2.45) is 5.92 Å². The van der Waals surface area contributed by atoms with Crippen molar-refractivity contribution in [3.8, 4) is 0 Å². The molecule has 0 spiro atoms.